The molecule has 0 radical (unpaired) electrons. The van der Waals surface area contributed by atoms with Crippen molar-refractivity contribution < 1.29 is 13.5 Å². The summed E-state index contributed by atoms with van der Waals surface area (Å²) >= 11 is 0. The van der Waals surface area contributed by atoms with Gasteiger partial charge in [-0.3, -0.25) is 0 Å². The second-order valence-corrected chi connectivity index (χ2v) is 7.90. The highest BCUT2D eigenvalue weighted by Crippen LogP contribution is 2.33. The Kier molecular flexibility index (Phi) is 6.31. The van der Waals surface area contributed by atoms with Crippen molar-refractivity contribution in [1.82, 2.24) is 0 Å². The molecule has 3 heteroatoms. The zero-order valence-electron chi connectivity index (χ0n) is 17.9. The van der Waals surface area contributed by atoms with Crippen LogP contribution in [0.25, 0.3) is 33.0 Å². The number of fused-ring (bicyclic) bond motifs is 1. The number of ether oxygens (including phenoxy) is 1. The Bertz CT molecular complexity index is 1170. The molecule has 0 bridgehead atoms. The van der Waals surface area contributed by atoms with Gasteiger partial charge in [0.15, 0.2) is 0 Å². The van der Waals surface area contributed by atoms with Gasteiger partial charge >= 0.3 is 0 Å². The minimum atomic E-state index is -0.577. The number of halogens is 2. The zero-order chi connectivity index (χ0) is 21.8. The molecule has 0 fully saturated rings. The van der Waals surface area contributed by atoms with E-state index in [0.717, 1.165) is 22.8 Å². The first-order chi connectivity index (χ1) is 15.1. The van der Waals surface area contributed by atoms with Crippen LogP contribution in [0.2, 0.25) is 0 Å². The first-order valence-corrected chi connectivity index (χ1v) is 10.8. The summed E-state index contributed by atoms with van der Waals surface area (Å²) in [5, 5.41) is 2.21. The van der Waals surface area contributed by atoms with Gasteiger partial charge in [0.05, 0.1) is 12.7 Å². The molecule has 4 aromatic carbocycles. The molecule has 4 rings (SSSR count). The maximum absolute atomic E-state index is 14.9. The van der Waals surface area contributed by atoms with Gasteiger partial charge in [0, 0.05) is 0 Å². The van der Waals surface area contributed by atoms with Crippen LogP contribution < -0.4 is 4.74 Å². The van der Waals surface area contributed by atoms with Gasteiger partial charge in [-0.2, -0.15) is 0 Å². The molecule has 0 amide bonds. The Labute approximate surface area is 182 Å². The quantitative estimate of drug-likeness (QED) is 0.276. The van der Waals surface area contributed by atoms with E-state index in [1.807, 2.05) is 18.2 Å². The Balaban J connectivity index is 1.64. The third-order valence-electron chi connectivity index (χ3n) is 5.73. The molecular weight excluding hydrogens is 390 g/mol. The van der Waals surface area contributed by atoms with E-state index in [1.54, 1.807) is 31.4 Å². The third-order valence-corrected chi connectivity index (χ3v) is 5.73. The summed E-state index contributed by atoms with van der Waals surface area (Å²) in [6.45, 7) is 2.21. The number of methoxy groups -OCH3 is 1. The molecule has 1 nitrogen and oxygen atoms in total. The summed E-state index contributed by atoms with van der Waals surface area (Å²) in [6, 6.07) is 21.9. The van der Waals surface area contributed by atoms with Gasteiger partial charge in [-0.05, 0) is 76.2 Å². The molecule has 0 aromatic heterocycles. The summed E-state index contributed by atoms with van der Waals surface area (Å²) in [4.78, 5) is 0. The lowest BCUT2D eigenvalue weighted by Crippen LogP contribution is -1.93. The largest absolute Gasteiger partial charge is 0.497 e. The average Bonchev–Trinajstić information content (AvgIpc) is 2.79. The molecule has 158 valence electrons. The molecule has 4 aromatic rings. The van der Waals surface area contributed by atoms with E-state index in [9.17, 15) is 8.78 Å². The van der Waals surface area contributed by atoms with Crippen molar-refractivity contribution in [2.75, 3.05) is 7.11 Å². The van der Waals surface area contributed by atoms with Crippen LogP contribution in [-0.2, 0) is 6.42 Å². The number of rotatable bonds is 7. The SMILES string of the molecule is CCCCCc1ccc2cc(-c3cc(F)c(-c4ccc(OC)cc4)c(F)c3)ccc2c1. The maximum Gasteiger partial charge on any atom is 0.134 e. The Hall–Kier alpha value is -3.20. The topological polar surface area (TPSA) is 9.23 Å². The minimum absolute atomic E-state index is 0.0242. The summed E-state index contributed by atoms with van der Waals surface area (Å²) in [6.07, 6.45) is 4.72. The van der Waals surface area contributed by atoms with Gasteiger partial charge in [-0.1, -0.05) is 62.2 Å². The summed E-state index contributed by atoms with van der Waals surface area (Å²) in [7, 11) is 1.56. The first-order valence-electron chi connectivity index (χ1n) is 10.8. The molecule has 0 unspecified atom stereocenters. The highest BCUT2D eigenvalue weighted by atomic mass is 19.1. The van der Waals surface area contributed by atoms with Crippen LogP contribution in [0.15, 0.2) is 72.8 Å². The second-order valence-electron chi connectivity index (χ2n) is 7.90. The molecule has 31 heavy (non-hydrogen) atoms. The van der Waals surface area contributed by atoms with Crippen LogP contribution in [0.4, 0.5) is 8.78 Å². The Morgan fingerprint density at radius 2 is 1.32 bits per heavy atom. The van der Waals surface area contributed by atoms with Crippen molar-refractivity contribution in [3.8, 4) is 28.0 Å². The molecule has 0 aliphatic heterocycles. The highest BCUT2D eigenvalue weighted by Gasteiger charge is 2.14. The second kappa shape index (κ2) is 9.30. The van der Waals surface area contributed by atoms with E-state index in [2.05, 4.69) is 25.1 Å². The monoisotopic (exact) mass is 416 g/mol. The predicted octanol–water partition coefficient (Wildman–Crippen LogP) is 8.19. The van der Waals surface area contributed by atoms with Crippen LogP contribution in [0.1, 0.15) is 31.7 Å². The zero-order valence-corrected chi connectivity index (χ0v) is 17.9. The molecule has 0 saturated heterocycles. The molecule has 0 aliphatic carbocycles. The molecular formula is C28H26F2O. The third kappa shape index (κ3) is 4.61. The van der Waals surface area contributed by atoms with E-state index in [0.29, 0.717) is 16.9 Å². The number of benzene rings is 4. The average molecular weight is 417 g/mol. The fourth-order valence-corrected chi connectivity index (χ4v) is 3.98. The fraction of sp³-hybridized carbons (Fsp3) is 0.214. The molecule has 0 N–H and O–H groups in total. The van der Waals surface area contributed by atoms with Crippen molar-refractivity contribution >= 4 is 10.8 Å². The van der Waals surface area contributed by atoms with E-state index in [-0.39, 0.29) is 5.56 Å². The van der Waals surface area contributed by atoms with Crippen molar-refractivity contribution in [1.29, 1.82) is 0 Å². The number of aryl methyl sites for hydroxylation is 1. The van der Waals surface area contributed by atoms with E-state index >= 15 is 0 Å². The van der Waals surface area contributed by atoms with Crippen molar-refractivity contribution in [2.45, 2.75) is 32.6 Å². The molecule has 0 saturated carbocycles. The van der Waals surface area contributed by atoms with Crippen LogP contribution >= 0.6 is 0 Å². The fourth-order valence-electron chi connectivity index (χ4n) is 3.98. The van der Waals surface area contributed by atoms with E-state index in [1.165, 1.54) is 37.0 Å². The molecule has 0 aliphatic rings. The van der Waals surface area contributed by atoms with Gasteiger partial charge < -0.3 is 4.74 Å². The minimum Gasteiger partial charge on any atom is -0.497 e. The molecule has 0 heterocycles. The van der Waals surface area contributed by atoms with Gasteiger partial charge in [0.25, 0.3) is 0 Å². The maximum atomic E-state index is 14.9. The molecule has 0 atom stereocenters. The van der Waals surface area contributed by atoms with Crippen molar-refractivity contribution in [3.05, 3.63) is 90.0 Å². The van der Waals surface area contributed by atoms with Gasteiger partial charge in [-0.15, -0.1) is 0 Å². The summed E-state index contributed by atoms with van der Waals surface area (Å²) in [5.41, 5.74) is 3.11. The lowest BCUT2D eigenvalue weighted by Gasteiger charge is -2.11. The smallest absolute Gasteiger partial charge is 0.134 e. The molecule has 0 spiro atoms. The standard InChI is InChI=1S/C28H26F2O/c1-3-4-5-6-19-7-8-22-16-23(10-9-21(22)15-19)24-17-26(29)28(27(30)18-24)20-11-13-25(31-2)14-12-20/h7-18H,3-6H2,1-2H3. The van der Waals surface area contributed by atoms with E-state index < -0.39 is 11.6 Å². The lowest BCUT2D eigenvalue weighted by molar-refractivity contribution is 0.415. The van der Waals surface area contributed by atoms with Crippen LogP contribution in [0.5, 0.6) is 5.75 Å². The van der Waals surface area contributed by atoms with Crippen LogP contribution in [0.3, 0.4) is 0 Å². The summed E-state index contributed by atoms with van der Waals surface area (Å²) < 4.78 is 34.9. The van der Waals surface area contributed by atoms with Crippen molar-refractivity contribution in [2.24, 2.45) is 0 Å². The van der Waals surface area contributed by atoms with Crippen molar-refractivity contribution in [3.63, 3.8) is 0 Å². The summed E-state index contributed by atoms with van der Waals surface area (Å²) in [5.74, 6) is -0.510. The van der Waals surface area contributed by atoms with Gasteiger partial charge in [0.2, 0.25) is 0 Å². The number of hydrogen-bond acceptors (Lipinski definition) is 1. The first kappa shape index (κ1) is 21.0. The highest BCUT2D eigenvalue weighted by molar-refractivity contribution is 5.88. The van der Waals surface area contributed by atoms with Crippen LogP contribution in [-0.4, -0.2) is 7.11 Å². The lowest BCUT2D eigenvalue weighted by atomic mass is 9.96. The number of unbranched alkanes of at least 4 members (excludes halogenated alkanes) is 2. The number of hydrogen-bond donors (Lipinski definition) is 0. The predicted molar refractivity (Wildman–Crippen MR) is 125 cm³/mol. The Morgan fingerprint density at radius 1 is 0.677 bits per heavy atom. The normalized spacial score (nSPS) is 11.1. The van der Waals surface area contributed by atoms with E-state index in [4.69, 9.17) is 4.74 Å². The van der Waals surface area contributed by atoms with Gasteiger partial charge in [-0.25, -0.2) is 8.78 Å². The van der Waals surface area contributed by atoms with Gasteiger partial charge in [0.1, 0.15) is 17.4 Å². The Morgan fingerprint density at radius 3 is 2.00 bits per heavy atom. The van der Waals surface area contributed by atoms with Crippen LogP contribution in [0, 0.1) is 11.6 Å².